The van der Waals surface area contributed by atoms with Gasteiger partial charge in [0.1, 0.15) is 0 Å². The molecule has 166 valence electrons. The van der Waals surface area contributed by atoms with Crippen molar-refractivity contribution >= 4 is 34.2 Å². The fourth-order valence-corrected chi connectivity index (χ4v) is 5.33. The number of aliphatic imine (C=N–C) groups is 1. The number of benzene rings is 3. The second-order valence-corrected chi connectivity index (χ2v) is 9.33. The molecule has 0 radical (unpaired) electrons. The first kappa shape index (κ1) is 21.6. The Morgan fingerprint density at radius 2 is 1.61 bits per heavy atom. The van der Waals surface area contributed by atoms with E-state index in [1.54, 1.807) is 4.90 Å². The van der Waals surface area contributed by atoms with Crippen LogP contribution in [0.25, 0.3) is 0 Å². The predicted octanol–water partition coefficient (Wildman–Crippen LogP) is 5.42. The monoisotopic (exact) mass is 454 g/mol. The lowest BCUT2D eigenvalue weighted by molar-refractivity contribution is -0.113. The van der Waals surface area contributed by atoms with Crippen molar-refractivity contribution in [2.75, 3.05) is 11.4 Å². The summed E-state index contributed by atoms with van der Waals surface area (Å²) in [6, 6.07) is 26.3. The van der Waals surface area contributed by atoms with Gasteiger partial charge >= 0.3 is 0 Å². The van der Waals surface area contributed by atoms with Gasteiger partial charge in [0.15, 0.2) is 5.17 Å². The van der Waals surface area contributed by atoms with Crippen LogP contribution in [0.4, 0.5) is 11.4 Å². The van der Waals surface area contributed by atoms with Crippen LogP contribution in [0.1, 0.15) is 22.7 Å². The highest BCUT2D eigenvalue weighted by Gasteiger charge is 2.37. The second-order valence-electron chi connectivity index (χ2n) is 8.32. The van der Waals surface area contributed by atoms with Crippen molar-refractivity contribution in [3.8, 4) is 0 Å². The molecule has 0 aromatic heterocycles. The molecule has 3 aromatic rings. The minimum Gasteiger partial charge on any atom is -0.268 e. The Morgan fingerprint density at radius 3 is 2.30 bits per heavy atom. The van der Waals surface area contributed by atoms with Crippen LogP contribution in [-0.4, -0.2) is 17.6 Å². The summed E-state index contributed by atoms with van der Waals surface area (Å²) < 4.78 is 0. The topological polar surface area (TPSA) is 56.7 Å². The number of aryl methyl sites for hydroxylation is 2. The zero-order valence-electron chi connectivity index (χ0n) is 18.7. The minimum atomic E-state index is -0.0325. The summed E-state index contributed by atoms with van der Waals surface area (Å²) in [6.45, 7) is 4.86. The average molecular weight is 455 g/mol. The zero-order chi connectivity index (χ0) is 22.8. The minimum absolute atomic E-state index is 0.0325. The maximum Gasteiger partial charge on any atom is 0.271 e. The number of hydrazine groups is 1. The van der Waals surface area contributed by atoms with E-state index in [9.17, 15) is 4.79 Å². The van der Waals surface area contributed by atoms with Crippen molar-refractivity contribution in [2.45, 2.75) is 19.9 Å². The maximum absolute atomic E-state index is 13.6. The number of para-hydroxylation sites is 2. The standard InChI is InChI=1S/C27H26N4OS/c1-18-10-9-11-19(2)24(18)29-27-31(22-14-7-4-8-15-22)26(32)23(33-27)16-21-17-28-30-25(21)20-12-5-3-6-13-20/h3-16,21,25,28,30H,17H2,1-2H3/b23-16-,29-27?. The van der Waals surface area contributed by atoms with Crippen LogP contribution in [0, 0.1) is 19.8 Å². The number of carbonyl (C=O) groups is 1. The molecule has 2 saturated heterocycles. The molecule has 5 rings (SSSR count). The van der Waals surface area contributed by atoms with Gasteiger partial charge in [-0.05, 0) is 54.4 Å². The van der Waals surface area contributed by atoms with Gasteiger partial charge in [0.25, 0.3) is 5.91 Å². The zero-order valence-corrected chi connectivity index (χ0v) is 19.5. The smallest absolute Gasteiger partial charge is 0.268 e. The van der Waals surface area contributed by atoms with Gasteiger partial charge in [0, 0.05) is 12.5 Å². The summed E-state index contributed by atoms with van der Waals surface area (Å²) in [6.07, 6.45) is 2.10. The van der Waals surface area contributed by atoms with E-state index in [1.165, 1.54) is 17.3 Å². The van der Waals surface area contributed by atoms with Crippen molar-refractivity contribution in [2.24, 2.45) is 10.9 Å². The molecule has 0 aliphatic carbocycles. The Balaban J connectivity index is 1.54. The Morgan fingerprint density at radius 1 is 0.939 bits per heavy atom. The summed E-state index contributed by atoms with van der Waals surface area (Å²) in [7, 11) is 0. The molecule has 2 unspecified atom stereocenters. The predicted molar refractivity (Wildman–Crippen MR) is 136 cm³/mol. The lowest BCUT2D eigenvalue weighted by atomic mass is 9.94. The summed E-state index contributed by atoms with van der Waals surface area (Å²) in [5.41, 5.74) is 11.7. The number of thioether (sulfide) groups is 1. The molecule has 0 spiro atoms. The van der Waals surface area contributed by atoms with Gasteiger partial charge in [-0.2, -0.15) is 0 Å². The van der Waals surface area contributed by atoms with E-state index in [4.69, 9.17) is 4.99 Å². The van der Waals surface area contributed by atoms with Gasteiger partial charge in [0.05, 0.1) is 22.3 Å². The Labute approximate surface area is 198 Å². The van der Waals surface area contributed by atoms with Crippen molar-refractivity contribution < 1.29 is 4.79 Å². The molecule has 1 amide bonds. The molecule has 0 saturated carbocycles. The molecule has 3 aromatic carbocycles. The normalized spacial score (nSPS) is 23.1. The number of amidine groups is 1. The number of hydrogen-bond donors (Lipinski definition) is 2. The largest absolute Gasteiger partial charge is 0.271 e. The molecular formula is C27H26N4OS. The molecule has 0 bridgehead atoms. The SMILES string of the molecule is Cc1cccc(C)c1N=C1S/C(=C\C2CNNC2c2ccccc2)C(=O)N1c1ccccc1. The summed E-state index contributed by atoms with van der Waals surface area (Å²) in [5, 5.41) is 0.685. The van der Waals surface area contributed by atoms with E-state index in [2.05, 4.69) is 55.0 Å². The van der Waals surface area contributed by atoms with Crippen molar-refractivity contribution in [1.82, 2.24) is 10.9 Å². The van der Waals surface area contributed by atoms with E-state index in [-0.39, 0.29) is 17.9 Å². The number of nitrogens with one attached hydrogen (secondary N) is 2. The number of hydrogen-bond acceptors (Lipinski definition) is 5. The molecule has 2 heterocycles. The lowest BCUT2D eigenvalue weighted by Gasteiger charge is -2.17. The molecule has 2 fully saturated rings. The maximum atomic E-state index is 13.6. The molecule has 2 N–H and O–H groups in total. The Hall–Kier alpha value is -3.19. The number of carbonyl (C=O) groups excluding carboxylic acids is 1. The first-order valence-electron chi connectivity index (χ1n) is 11.1. The fraction of sp³-hybridized carbons (Fsp3) is 0.185. The van der Waals surface area contributed by atoms with Crippen molar-refractivity contribution in [3.63, 3.8) is 0 Å². The first-order valence-corrected chi connectivity index (χ1v) is 11.9. The third-order valence-electron chi connectivity index (χ3n) is 6.02. The van der Waals surface area contributed by atoms with Crippen LogP contribution < -0.4 is 15.8 Å². The number of anilines is 1. The van der Waals surface area contributed by atoms with Gasteiger partial charge in [0.2, 0.25) is 0 Å². The summed E-state index contributed by atoms with van der Waals surface area (Å²) in [5.74, 6) is 0.117. The van der Waals surface area contributed by atoms with Crippen LogP contribution in [0.15, 0.2) is 94.8 Å². The Bertz CT molecular complexity index is 1200. The Kier molecular flexibility index (Phi) is 6.13. The molecule has 33 heavy (non-hydrogen) atoms. The van der Waals surface area contributed by atoms with Crippen LogP contribution in [0.3, 0.4) is 0 Å². The van der Waals surface area contributed by atoms with Gasteiger partial charge in [-0.25, -0.2) is 10.4 Å². The van der Waals surface area contributed by atoms with Crippen molar-refractivity contribution in [1.29, 1.82) is 0 Å². The van der Waals surface area contributed by atoms with E-state index in [0.717, 1.165) is 29.0 Å². The molecular weight excluding hydrogens is 428 g/mol. The van der Waals surface area contributed by atoms with E-state index < -0.39 is 0 Å². The molecule has 6 heteroatoms. The highest BCUT2D eigenvalue weighted by Crippen LogP contribution is 2.39. The van der Waals surface area contributed by atoms with Gasteiger partial charge in [-0.1, -0.05) is 72.8 Å². The third kappa shape index (κ3) is 4.37. The fourth-order valence-electron chi connectivity index (χ4n) is 4.30. The summed E-state index contributed by atoms with van der Waals surface area (Å²) in [4.78, 5) is 21.0. The summed E-state index contributed by atoms with van der Waals surface area (Å²) >= 11 is 1.45. The van der Waals surface area contributed by atoms with E-state index in [0.29, 0.717) is 10.1 Å². The molecule has 2 atom stereocenters. The third-order valence-corrected chi connectivity index (χ3v) is 7.00. The van der Waals surface area contributed by atoms with E-state index >= 15 is 0 Å². The first-order chi connectivity index (χ1) is 16.1. The van der Waals surface area contributed by atoms with E-state index in [1.807, 2.05) is 54.6 Å². The highest BCUT2D eigenvalue weighted by atomic mass is 32.2. The van der Waals surface area contributed by atoms with Gasteiger partial charge in [-0.3, -0.25) is 15.1 Å². The van der Waals surface area contributed by atoms with Gasteiger partial charge in [-0.15, -0.1) is 0 Å². The average Bonchev–Trinajstić information content (AvgIpc) is 3.42. The van der Waals surface area contributed by atoms with Crippen LogP contribution in [-0.2, 0) is 4.79 Å². The van der Waals surface area contributed by atoms with Gasteiger partial charge < -0.3 is 0 Å². The molecule has 2 aliphatic heterocycles. The number of nitrogens with zero attached hydrogens (tertiary/aromatic N) is 2. The quantitative estimate of drug-likeness (QED) is 0.517. The lowest BCUT2D eigenvalue weighted by Crippen LogP contribution is -2.29. The van der Waals surface area contributed by atoms with Crippen molar-refractivity contribution in [3.05, 3.63) is 107 Å². The highest BCUT2D eigenvalue weighted by molar-refractivity contribution is 8.19. The molecule has 2 aliphatic rings. The molecule has 5 nitrogen and oxygen atoms in total. The second kappa shape index (κ2) is 9.35. The van der Waals surface area contributed by atoms with Crippen LogP contribution >= 0.6 is 11.8 Å². The number of amides is 1. The van der Waals surface area contributed by atoms with Crippen LogP contribution in [0.2, 0.25) is 0 Å². The van der Waals surface area contributed by atoms with Crippen LogP contribution in [0.5, 0.6) is 0 Å². The number of rotatable bonds is 4.